The molecule has 7 rings (SSSR count). The normalized spacial score (nSPS) is 30.2. The van der Waals surface area contributed by atoms with Crippen LogP contribution >= 0.6 is 0 Å². The summed E-state index contributed by atoms with van der Waals surface area (Å²) in [6.45, 7) is 8.79. The Morgan fingerprint density at radius 3 is 2.32 bits per heavy atom. The van der Waals surface area contributed by atoms with Crippen molar-refractivity contribution >= 4 is 23.4 Å². The van der Waals surface area contributed by atoms with Gasteiger partial charge in [-0.2, -0.15) is 0 Å². The molecule has 266 valence electrons. The largest absolute Gasteiger partial charge is 0.494 e. The maximum atomic E-state index is 15.1. The highest BCUT2D eigenvalue weighted by Crippen LogP contribution is 2.59. The fourth-order valence-electron chi connectivity index (χ4n) is 8.69. The van der Waals surface area contributed by atoms with Crippen LogP contribution in [-0.4, -0.2) is 127 Å². The van der Waals surface area contributed by atoms with E-state index in [0.717, 1.165) is 18.7 Å². The predicted octanol–water partition coefficient (Wildman–Crippen LogP) is 2.68. The highest BCUT2D eigenvalue weighted by Gasteiger charge is 2.76. The number of aliphatic hydroxyl groups excluding tert-OH is 1. The highest BCUT2D eigenvalue weighted by atomic mass is 16.5. The van der Waals surface area contributed by atoms with E-state index in [-0.39, 0.29) is 24.3 Å². The molecule has 0 saturated carbocycles. The van der Waals surface area contributed by atoms with Crippen LogP contribution in [0.2, 0.25) is 0 Å². The summed E-state index contributed by atoms with van der Waals surface area (Å²) in [7, 11) is 0. The van der Waals surface area contributed by atoms with Crippen LogP contribution in [0.4, 0.5) is 5.69 Å². The van der Waals surface area contributed by atoms with Crippen molar-refractivity contribution in [2.24, 2.45) is 11.8 Å². The maximum absolute atomic E-state index is 15.1. The van der Waals surface area contributed by atoms with E-state index in [4.69, 9.17) is 14.2 Å². The molecular weight excluding hydrogens is 636 g/mol. The molecule has 2 aromatic carbocycles. The minimum atomic E-state index is -1.41. The molecule has 5 aliphatic rings. The van der Waals surface area contributed by atoms with Gasteiger partial charge in [0.15, 0.2) is 0 Å². The zero-order chi connectivity index (χ0) is 34.9. The first-order chi connectivity index (χ1) is 24.4. The number of likely N-dealkylation sites (tertiary alicyclic amines) is 1. The number of rotatable bonds is 11. The molecule has 11 heteroatoms. The molecule has 0 aromatic heterocycles. The van der Waals surface area contributed by atoms with Gasteiger partial charge in [-0.05, 0) is 49.6 Å². The van der Waals surface area contributed by atoms with Crippen LogP contribution in [0.5, 0.6) is 5.75 Å². The molecule has 1 spiro atoms. The van der Waals surface area contributed by atoms with Gasteiger partial charge < -0.3 is 34.0 Å². The van der Waals surface area contributed by atoms with Gasteiger partial charge in [0.2, 0.25) is 17.7 Å². The Morgan fingerprint density at radius 2 is 1.62 bits per heavy atom. The molecule has 3 fully saturated rings. The molecule has 1 unspecified atom stereocenters. The maximum Gasteiger partial charge on any atom is 0.249 e. The first-order valence-corrected chi connectivity index (χ1v) is 18.0. The van der Waals surface area contributed by atoms with E-state index in [9.17, 15) is 14.7 Å². The molecule has 11 nitrogen and oxygen atoms in total. The summed E-state index contributed by atoms with van der Waals surface area (Å²) < 4.78 is 18.3. The quantitative estimate of drug-likeness (QED) is 0.360. The molecule has 3 amide bonds. The van der Waals surface area contributed by atoms with Gasteiger partial charge in [-0.3, -0.25) is 19.3 Å². The van der Waals surface area contributed by atoms with Gasteiger partial charge in [-0.15, -0.1) is 0 Å². The second kappa shape index (κ2) is 14.3. The molecule has 50 heavy (non-hydrogen) atoms. The van der Waals surface area contributed by atoms with Gasteiger partial charge in [0.1, 0.15) is 17.4 Å². The van der Waals surface area contributed by atoms with Crippen LogP contribution in [0.1, 0.15) is 25.8 Å². The van der Waals surface area contributed by atoms with E-state index < -0.39 is 35.1 Å². The summed E-state index contributed by atoms with van der Waals surface area (Å²) in [5.41, 5.74) is -0.892. The van der Waals surface area contributed by atoms with Crippen molar-refractivity contribution in [3.63, 3.8) is 0 Å². The predicted molar refractivity (Wildman–Crippen MR) is 188 cm³/mol. The van der Waals surface area contributed by atoms with Gasteiger partial charge in [0.25, 0.3) is 0 Å². The first-order valence-electron chi connectivity index (χ1n) is 18.0. The van der Waals surface area contributed by atoms with Crippen molar-refractivity contribution < 1.29 is 33.7 Å². The lowest BCUT2D eigenvalue weighted by atomic mass is 9.73. The summed E-state index contributed by atoms with van der Waals surface area (Å²) in [6, 6.07) is 15.3. The van der Waals surface area contributed by atoms with E-state index in [1.54, 1.807) is 14.7 Å². The molecule has 1 N–H and O–H groups in total. The zero-order valence-electron chi connectivity index (χ0n) is 29.0. The minimum Gasteiger partial charge on any atom is -0.494 e. The van der Waals surface area contributed by atoms with Crippen molar-refractivity contribution in [1.29, 1.82) is 0 Å². The lowest BCUT2D eigenvalue weighted by molar-refractivity contribution is -0.155. The number of anilines is 1. The SMILES string of the molecule is CCOc1ccc(N2CC=C[C@]3(CC)O[C@]45C=CCN(CCN6CCOCC6)C(=O)C4N([C@@H](CO)Cc4ccccc4)C(=O)[C@@H]5[C@@H]3C2=O)cc1. The Morgan fingerprint density at radius 1 is 0.880 bits per heavy atom. The number of nitrogens with zero attached hydrogens (tertiary/aromatic N) is 4. The van der Waals surface area contributed by atoms with Crippen LogP contribution in [-0.2, 0) is 30.3 Å². The monoisotopic (exact) mass is 684 g/mol. The fourth-order valence-corrected chi connectivity index (χ4v) is 8.69. The van der Waals surface area contributed by atoms with E-state index in [2.05, 4.69) is 4.90 Å². The van der Waals surface area contributed by atoms with Crippen molar-refractivity contribution in [3.8, 4) is 5.75 Å². The molecule has 6 atom stereocenters. The Hall–Kier alpha value is -4.03. The summed E-state index contributed by atoms with van der Waals surface area (Å²) in [6.07, 6.45) is 8.49. The van der Waals surface area contributed by atoms with Crippen molar-refractivity contribution in [1.82, 2.24) is 14.7 Å². The van der Waals surface area contributed by atoms with Crippen molar-refractivity contribution in [2.45, 2.75) is 50.0 Å². The van der Waals surface area contributed by atoms with Crippen LogP contribution in [0.3, 0.4) is 0 Å². The lowest BCUT2D eigenvalue weighted by Gasteiger charge is -2.41. The summed E-state index contributed by atoms with van der Waals surface area (Å²) >= 11 is 0. The van der Waals surface area contributed by atoms with Gasteiger partial charge in [0.05, 0.1) is 49.9 Å². The molecule has 3 saturated heterocycles. The van der Waals surface area contributed by atoms with Gasteiger partial charge in [0, 0.05) is 45.0 Å². The minimum absolute atomic E-state index is 0.227. The standard InChI is InChI=1S/C39H48N4O7/c1-3-38-16-8-19-42(29-12-14-31(15-13-29)49-4-2)35(45)32(38)33-36(46)43(30(27-44)26-28-10-6-5-7-11-28)34-37(47)41(18-9-17-39(33,34)50-38)21-20-40-22-24-48-25-23-40/h5-17,30,32-34,44H,3-4,18-27H2,1-2H3/t30-,32-,33+,34?,38+,39+/m1/s1. The molecule has 0 radical (unpaired) electrons. The Labute approximate surface area is 294 Å². The number of amides is 3. The lowest BCUT2D eigenvalue weighted by Crippen LogP contribution is -2.59. The van der Waals surface area contributed by atoms with Gasteiger partial charge >= 0.3 is 0 Å². The number of aliphatic hydroxyl groups is 1. The first kappa shape index (κ1) is 34.4. The summed E-state index contributed by atoms with van der Waals surface area (Å²) in [4.78, 5) is 52.4. The highest BCUT2D eigenvalue weighted by molar-refractivity contribution is 6.04. The molecular formula is C39H48N4O7. The number of hydrogen-bond donors (Lipinski definition) is 1. The van der Waals surface area contributed by atoms with E-state index in [0.29, 0.717) is 70.3 Å². The number of benzene rings is 2. The Bertz CT molecular complexity index is 1610. The molecule has 5 aliphatic heterocycles. The van der Waals surface area contributed by atoms with E-state index in [1.807, 2.05) is 92.7 Å². The van der Waals surface area contributed by atoms with Gasteiger partial charge in [-0.25, -0.2) is 0 Å². The van der Waals surface area contributed by atoms with Crippen LogP contribution in [0, 0.1) is 11.8 Å². The number of carbonyl (C=O) groups is 3. The Balaban J connectivity index is 1.29. The fraction of sp³-hybridized carbons (Fsp3) is 0.513. The van der Waals surface area contributed by atoms with Crippen molar-refractivity contribution in [3.05, 3.63) is 84.5 Å². The zero-order valence-corrected chi connectivity index (χ0v) is 29.0. The number of ether oxygens (including phenoxy) is 3. The van der Waals surface area contributed by atoms with Crippen LogP contribution < -0.4 is 9.64 Å². The van der Waals surface area contributed by atoms with E-state index in [1.165, 1.54) is 0 Å². The average molecular weight is 685 g/mol. The average Bonchev–Trinajstić information content (AvgIpc) is 3.44. The third-order valence-corrected chi connectivity index (χ3v) is 11.1. The van der Waals surface area contributed by atoms with Crippen LogP contribution in [0.25, 0.3) is 0 Å². The topological polar surface area (TPSA) is 112 Å². The number of carbonyl (C=O) groups excluding carboxylic acids is 3. The Kier molecular flexibility index (Phi) is 9.85. The smallest absolute Gasteiger partial charge is 0.249 e. The molecule has 0 bridgehead atoms. The number of fused-ring (bicyclic) bond motifs is 2. The summed E-state index contributed by atoms with van der Waals surface area (Å²) in [5, 5.41) is 10.9. The van der Waals surface area contributed by atoms with E-state index >= 15 is 4.79 Å². The summed E-state index contributed by atoms with van der Waals surface area (Å²) in [5.74, 6) is -1.96. The van der Waals surface area contributed by atoms with Crippen LogP contribution in [0.15, 0.2) is 78.9 Å². The second-order valence-corrected chi connectivity index (χ2v) is 13.8. The van der Waals surface area contributed by atoms with Crippen molar-refractivity contribution in [2.75, 3.05) is 70.6 Å². The molecule has 2 aromatic rings. The second-order valence-electron chi connectivity index (χ2n) is 13.8. The number of hydrogen-bond acceptors (Lipinski definition) is 8. The van der Waals surface area contributed by atoms with Gasteiger partial charge in [-0.1, -0.05) is 61.6 Å². The molecule has 0 aliphatic carbocycles. The third kappa shape index (κ3) is 5.93. The number of morpholine rings is 1. The third-order valence-electron chi connectivity index (χ3n) is 11.1. The molecule has 5 heterocycles.